The molecule has 0 atom stereocenters. The molecule has 0 fully saturated rings. The molecule has 0 amide bonds. The minimum absolute atomic E-state index is 0.270. The van der Waals surface area contributed by atoms with Gasteiger partial charge in [0.25, 0.3) is 0 Å². The first kappa shape index (κ1) is 45.8. The van der Waals surface area contributed by atoms with E-state index < -0.39 is 0 Å². The maximum absolute atomic E-state index is 10.5. The third-order valence-corrected chi connectivity index (χ3v) is 10.2. The van der Waals surface area contributed by atoms with Gasteiger partial charge < -0.3 is 33.5 Å². The number of unbranched alkanes of at least 4 members (excludes halogenated alkanes) is 10. The standard InChI is InChI=1S/C50H60N2O7/c1-54-47-28-18-38(34-49(47)56-3)33-42(36-51)39-19-24-43(25-20-39)58-31-15-11-7-5-9-13-17-45(41-23-29-48(55-2)50(35-41)57-4)46(37-52)40-21-26-44(27-22-40)59-32-16-12-8-6-10-14-30-53/h18-29,33-35,53H,5-17,30-32H2,1-4H3/b42-33+,46-45+. The van der Waals surface area contributed by atoms with Crippen LogP contribution in [0.3, 0.4) is 0 Å². The van der Waals surface area contributed by atoms with Gasteiger partial charge in [0.05, 0.1) is 58.9 Å². The molecule has 59 heavy (non-hydrogen) atoms. The molecule has 0 radical (unpaired) electrons. The summed E-state index contributed by atoms with van der Waals surface area (Å²) < 4.78 is 33.9. The minimum atomic E-state index is 0.270. The number of ether oxygens (including phenoxy) is 6. The third kappa shape index (κ3) is 14.8. The summed E-state index contributed by atoms with van der Waals surface area (Å²) in [5, 5.41) is 29.3. The summed E-state index contributed by atoms with van der Waals surface area (Å²) in [6.45, 7) is 1.55. The van der Waals surface area contributed by atoms with E-state index in [-0.39, 0.29) is 6.61 Å². The fourth-order valence-corrected chi connectivity index (χ4v) is 6.89. The minimum Gasteiger partial charge on any atom is -0.494 e. The van der Waals surface area contributed by atoms with Gasteiger partial charge in [-0.25, -0.2) is 0 Å². The van der Waals surface area contributed by atoms with E-state index >= 15 is 0 Å². The van der Waals surface area contributed by atoms with Crippen molar-refractivity contribution < 1.29 is 33.5 Å². The molecule has 4 aromatic rings. The second-order valence-corrected chi connectivity index (χ2v) is 14.3. The molecule has 0 aliphatic rings. The molecule has 0 saturated carbocycles. The van der Waals surface area contributed by atoms with Crippen LogP contribution < -0.4 is 28.4 Å². The van der Waals surface area contributed by atoms with Gasteiger partial charge in [-0.3, -0.25) is 0 Å². The number of rotatable bonds is 27. The average molecular weight is 801 g/mol. The van der Waals surface area contributed by atoms with E-state index in [1.54, 1.807) is 28.4 Å². The van der Waals surface area contributed by atoms with Crippen molar-refractivity contribution in [3.05, 3.63) is 107 Å². The molecule has 0 spiro atoms. The Balaban J connectivity index is 1.26. The summed E-state index contributed by atoms with van der Waals surface area (Å²) in [7, 11) is 6.43. The molecule has 1 N–H and O–H groups in total. The number of nitriles is 2. The Morgan fingerprint density at radius 1 is 0.508 bits per heavy atom. The van der Waals surface area contributed by atoms with E-state index in [0.29, 0.717) is 47.4 Å². The highest BCUT2D eigenvalue weighted by Crippen LogP contribution is 2.37. The van der Waals surface area contributed by atoms with Gasteiger partial charge in [-0.15, -0.1) is 0 Å². The summed E-state index contributed by atoms with van der Waals surface area (Å²) in [4.78, 5) is 0. The van der Waals surface area contributed by atoms with Crippen LogP contribution in [0.4, 0.5) is 0 Å². The first-order valence-electron chi connectivity index (χ1n) is 20.7. The van der Waals surface area contributed by atoms with Crippen LogP contribution in [0.15, 0.2) is 84.9 Å². The molecule has 9 heteroatoms. The summed E-state index contributed by atoms with van der Waals surface area (Å²) >= 11 is 0. The van der Waals surface area contributed by atoms with Crippen LogP contribution in [0.25, 0.3) is 22.8 Å². The zero-order chi connectivity index (χ0) is 42.1. The van der Waals surface area contributed by atoms with Crippen LogP contribution >= 0.6 is 0 Å². The lowest BCUT2D eigenvalue weighted by Gasteiger charge is -2.15. The number of hydrogen-bond donors (Lipinski definition) is 1. The number of allylic oxidation sites excluding steroid dienone is 3. The molecule has 0 bridgehead atoms. The van der Waals surface area contributed by atoms with Crippen molar-refractivity contribution in [2.24, 2.45) is 0 Å². The van der Waals surface area contributed by atoms with Gasteiger partial charge in [-0.1, -0.05) is 63.5 Å². The van der Waals surface area contributed by atoms with Crippen LogP contribution in [-0.4, -0.2) is 53.4 Å². The van der Waals surface area contributed by atoms with Crippen molar-refractivity contribution in [2.45, 2.75) is 83.5 Å². The molecule has 0 unspecified atom stereocenters. The molecule has 4 aromatic carbocycles. The Bertz CT molecular complexity index is 2010. The summed E-state index contributed by atoms with van der Waals surface area (Å²) in [6, 6.07) is 31.7. The monoisotopic (exact) mass is 800 g/mol. The number of benzene rings is 4. The molecule has 9 nitrogen and oxygen atoms in total. The van der Waals surface area contributed by atoms with Gasteiger partial charge in [0, 0.05) is 6.61 Å². The van der Waals surface area contributed by atoms with Crippen LogP contribution in [0.1, 0.15) is 106 Å². The molecule has 0 aliphatic carbocycles. The van der Waals surface area contributed by atoms with Gasteiger partial charge in [-0.05, 0) is 139 Å². The van der Waals surface area contributed by atoms with E-state index in [0.717, 1.165) is 123 Å². The van der Waals surface area contributed by atoms with Gasteiger partial charge in [0.1, 0.15) is 17.6 Å². The lowest BCUT2D eigenvalue weighted by Crippen LogP contribution is -1.98. The van der Waals surface area contributed by atoms with Crippen LogP contribution in [-0.2, 0) is 0 Å². The van der Waals surface area contributed by atoms with Crippen molar-refractivity contribution in [2.75, 3.05) is 48.3 Å². The second-order valence-electron chi connectivity index (χ2n) is 14.3. The molecule has 312 valence electrons. The van der Waals surface area contributed by atoms with Crippen LogP contribution in [0, 0.1) is 22.7 Å². The van der Waals surface area contributed by atoms with Crippen molar-refractivity contribution in [3.63, 3.8) is 0 Å². The largest absolute Gasteiger partial charge is 0.494 e. The van der Waals surface area contributed by atoms with Crippen LogP contribution in [0.2, 0.25) is 0 Å². The van der Waals surface area contributed by atoms with E-state index in [2.05, 4.69) is 12.1 Å². The Hall–Kier alpha value is -5.90. The van der Waals surface area contributed by atoms with Gasteiger partial charge in [0.15, 0.2) is 23.0 Å². The molecular weight excluding hydrogens is 741 g/mol. The van der Waals surface area contributed by atoms with E-state index in [4.69, 9.17) is 33.5 Å². The highest BCUT2D eigenvalue weighted by atomic mass is 16.5. The maximum Gasteiger partial charge on any atom is 0.161 e. The molecule has 4 rings (SSSR count). The molecule has 0 aromatic heterocycles. The van der Waals surface area contributed by atoms with E-state index in [1.807, 2.05) is 91.0 Å². The second kappa shape index (κ2) is 26.2. The number of aliphatic hydroxyl groups excluding tert-OH is 1. The lowest BCUT2D eigenvalue weighted by atomic mass is 9.91. The molecular formula is C50H60N2O7. The van der Waals surface area contributed by atoms with Gasteiger partial charge in [0.2, 0.25) is 0 Å². The topological polar surface area (TPSA) is 123 Å². The fourth-order valence-electron chi connectivity index (χ4n) is 6.89. The Morgan fingerprint density at radius 2 is 0.983 bits per heavy atom. The van der Waals surface area contributed by atoms with Gasteiger partial charge in [-0.2, -0.15) is 10.5 Å². The van der Waals surface area contributed by atoms with Crippen molar-refractivity contribution in [1.82, 2.24) is 0 Å². The summed E-state index contributed by atoms with van der Waals surface area (Å²) in [6.07, 6.45) is 15.1. The lowest BCUT2D eigenvalue weighted by molar-refractivity contribution is 0.280. The number of hydrogen-bond acceptors (Lipinski definition) is 9. The SMILES string of the molecule is COc1ccc(/C=C(\C#N)c2ccc(OCCCCCCCC/C(=C(/C#N)c3ccc(OCCCCCCCCO)cc3)c3ccc(OC)c(OC)c3)cc2)cc1OC. The first-order valence-corrected chi connectivity index (χ1v) is 20.7. The smallest absolute Gasteiger partial charge is 0.161 e. The molecule has 0 saturated heterocycles. The number of nitrogens with zero attached hydrogens (tertiary/aromatic N) is 2. The Morgan fingerprint density at radius 3 is 1.51 bits per heavy atom. The highest BCUT2D eigenvalue weighted by molar-refractivity contribution is 5.97. The van der Waals surface area contributed by atoms with Crippen LogP contribution in [0.5, 0.6) is 34.5 Å². The first-order chi connectivity index (χ1) is 29.0. The summed E-state index contributed by atoms with van der Waals surface area (Å²) in [5.41, 5.74) is 5.64. The third-order valence-electron chi connectivity index (χ3n) is 10.2. The molecule has 0 aliphatic heterocycles. The van der Waals surface area contributed by atoms with Crippen molar-refractivity contribution >= 4 is 22.8 Å². The molecule has 0 heterocycles. The van der Waals surface area contributed by atoms with Crippen molar-refractivity contribution in [1.29, 1.82) is 10.5 Å². The Kier molecular flexibility index (Phi) is 20.3. The predicted molar refractivity (Wildman–Crippen MR) is 236 cm³/mol. The number of methoxy groups -OCH3 is 4. The fraction of sp³-hybridized carbons (Fsp3) is 0.400. The quantitative estimate of drug-likeness (QED) is 0.0356. The predicted octanol–water partition coefficient (Wildman–Crippen LogP) is 11.7. The zero-order valence-corrected chi connectivity index (χ0v) is 35.3. The van der Waals surface area contributed by atoms with Crippen molar-refractivity contribution in [3.8, 4) is 46.6 Å². The van der Waals surface area contributed by atoms with Gasteiger partial charge >= 0.3 is 0 Å². The maximum atomic E-state index is 10.5. The zero-order valence-electron chi connectivity index (χ0n) is 35.3. The van der Waals surface area contributed by atoms with E-state index in [1.165, 1.54) is 0 Å². The van der Waals surface area contributed by atoms with E-state index in [9.17, 15) is 10.5 Å². The highest BCUT2D eigenvalue weighted by Gasteiger charge is 2.15. The summed E-state index contributed by atoms with van der Waals surface area (Å²) in [5.74, 6) is 4.10. The number of aliphatic hydroxyl groups is 1. The Labute approximate surface area is 351 Å². The average Bonchev–Trinajstić information content (AvgIpc) is 3.28. The normalized spacial score (nSPS) is 11.5.